The van der Waals surface area contributed by atoms with Crippen LogP contribution in [0, 0.1) is 5.92 Å². The van der Waals surface area contributed by atoms with Gasteiger partial charge in [-0.05, 0) is 51.7 Å². The SMILES string of the molecule is CC(=O)OC1(C)C(=O)C=C2C(=COC3(OC(C)CCC3O)C2CC=C(C)C(=O)O)C1=O. The van der Waals surface area contributed by atoms with Gasteiger partial charge in [0.25, 0.3) is 0 Å². The van der Waals surface area contributed by atoms with Crippen molar-refractivity contribution in [2.45, 2.75) is 70.6 Å². The van der Waals surface area contributed by atoms with Crippen LogP contribution in [0.5, 0.6) is 0 Å². The molecule has 168 valence electrons. The summed E-state index contributed by atoms with van der Waals surface area (Å²) < 4.78 is 16.9. The highest BCUT2D eigenvalue weighted by Gasteiger charge is 2.59. The summed E-state index contributed by atoms with van der Waals surface area (Å²) in [5.74, 6) is -5.80. The van der Waals surface area contributed by atoms with E-state index < -0.39 is 46.9 Å². The van der Waals surface area contributed by atoms with Gasteiger partial charge in [0.05, 0.1) is 23.9 Å². The number of carbonyl (C=O) groups is 4. The van der Waals surface area contributed by atoms with Crippen molar-refractivity contribution in [2.75, 3.05) is 0 Å². The van der Waals surface area contributed by atoms with Gasteiger partial charge in [0.1, 0.15) is 6.10 Å². The lowest BCUT2D eigenvalue weighted by atomic mass is 9.70. The number of rotatable bonds is 4. The van der Waals surface area contributed by atoms with Crippen LogP contribution in [0.15, 0.2) is 35.1 Å². The molecule has 0 amide bonds. The molecule has 0 aromatic heterocycles. The summed E-state index contributed by atoms with van der Waals surface area (Å²) in [4.78, 5) is 48.8. The van der Waals surface area contributed by atoms with E-state index in [1.54, 1.807) is 0 Å². The first kappa shape index (κ1) is 22.9. The van der Waals surface area contributed by atoms with E-state index in [4.69, 9.17) is 14.2 Å². The van der Waals surface area contributed by atoms with Gasteiger partial charge in [-0.25, -0.2) is 4.79 Å². The van der Waals surface area contributed by atoms with Crippen molar-refractivity contribution in [3.05, 3.63) is 35.1 Å². The highest BCUT2D eigenvalue weighted by Crippen LogP contribution is 2.49. The molecule has 2 heterocycles. The van der Waals surface area contributed by atoms with E-state index in [1.165, 1.54) is 26.0 Å². The highest BCUT2D eigenvalue weighted by molar-refractivity contribution is 6.26. The molecule has 0 aromatic rings. The molecule has 2 aliphatic heterocycles. The molecule has 3 aliphatic rings. The lowest BCUT2D eigenvalue weighted by Gasteiger charge is -2.51. The number of carboxylic acid groups (broad SMARTS) is 1. The van der Waals surface area contributed by atoms with Crippen LogP contribution in [0.4, 0.5) is 0 Å². The largest absolute Gasteiger partial charge is 0.478 e. The number of hydrogen-bond donors (Lipinski definition) is 2. The van der Waals surface area contributed by atoms with Gasteiger partial charge in [-0.3, -0.25) is 14.4 Å². The molecule has 5 unspecified atom stereocenters. The predicted octanol–water partition coefficient (Wildman–Crippen LogP) is 1.59. The minimum absolute atomic E-state index is 0.0226. The molecule has 1 aliphatic carbocycles. The zero-order valence-electron chi connectivity index (χ0n) is 17.8. The average Bonchev–Trinajstić information content (AvgIpc) is 2.68. The molecule has 0 saturated carbocycles. The number of carbonyl (C=O) groups excluding carboxylic acids is 3. The standard InChI is InChI=1S/C22H26O9/c1-11(20(27)28)5-7-16-14-9-18(25)21(4,31-13(3)23)19(26)15(14)10-29-22(16)17(24)8-6-12(2)30-22/h5,9-10,12,16-17,24H,6-8H2,1-4H3,(H,27,28). The second-order valence-electron chi connectivity index (χ2n) is 8.29. The maximum atomic E-state index is 13.1. The van der Waals surface area contributed by atoms with E-state index in [2.05, 4.69) is 0 Å². The van der Waals surface area contributed by atoms with Crippen LogP contribution in [-0.4, -0.2) is 57.3 Å². The van der Waals surface area contributed by atoms with E-state index in [0.29, 0.717) is 12.8 Å². The second kappa shape index (κ2) is 8.05. The summed E-state index contributed by atoms with van der Waals surface area (Å²) in [7, 11) is 0. The highest BCUT2D eigenvalue weighted by atomic mass is 16.7. The summed E-state index contributed by atoms with van der Waals surface area (Å²) in [5, 5.41) is 20.0. The van der Waals surface area contributed by atoms with Crippen molar-refractivity contribution in [3.8, 4) is 0 Å². The molecule has 0 bridgehead atoms. The Kier molecular flexibility index (Phi) is 5.94. The molecule has 1 spiro atoms. The summed E-state index contributed by atoms with van der Waals surface area (Å²) in [6.45, 7) is 5.55. The lowest BCUT2D eigenvalue weighted by molar-refractivity contribution is -0.320. The van der Waals surface area contributed by atoms with E-state index in [1.807, 2.05) is 6.92 Å². The van der Waals surface area contributed by atoms with Gasteiger partial charge < -0.3 is 24.4 Å². The number of carboxylic acids is 1. The lowest BCUT2D eigenvalue weighted by Crippen LogP contribution is -2.60. The summed E-state index contributed by atoms with van der Waals surface area (Å²) in [6, 6.07) is 0. The molecular formula is C22H26O9. The van der Waals surface area contributed by atoms with Crippen molar-refractivity contribution in [3.63, 3.8) is 0 Å². The average molecular weight is 434 g/mol. The number of ether oxygens (including phenoxy) is 3. The number of allylic oxidation sites excluding steroid dienone is 1. The zero-order chi connectivity index (χ0) is 23.1. The van der Waals surface area contributed by atoms with Gasteiger partial charge in [0.15, 0.2) is 0 Å². The van der Waals surface area contributed by atoms with Crippen LogP contribution >= 0.6 is 0 Å². The maximum Gasteiger partial charge on any atom is 0.330 e. The first-order valence-corrected chi connectivity index (χ1v) is 10.1. The fourth-order valence-corrected chi connectivity index (χ4v) is 4.24. The Morgan fingerprint density at radius 1 is 1.29 bits per heavy atom. The van der Waals surface area contributed by atoms with E-state index >= 15 is 0 Å². The van der Waals surface area contributed by atoms with E-state index in [9.17, 15) is 29.4 Å². The molecule has 3 rings (SSSR count). The number of fused-ring (bicyclic) bond motifs is 1. The molecule has 5 atom stereocenters. The third-order valence-corrected chi connectivity index (χ3v) is 6.01. The van der Waals surface area contributed by atoms with Gasteiger partial charge in [-0.1, -0.05) is 6.08 Å². The second-order valence-corrected chi connectivity index (χ2v) is 8.29. The molecule has 9 heteroatoms. The summed E-state index contributed by atoms with van der Waals surface area (Å²) in [6.07, 6.45) is 3.41. The number of ketones is 2. The third kappa shape index (κ3) is 3.83. The van der Waals surface area contributed by atoms with E-state index in [0.717, 1.165) is 13.2 Å². The Balaban J connectivity index is 2.12. The maximum absolute atomic E-state index is 13.1. The van der Waals surface area contributed by atoms with Gasteiger partial charge in [-0.15, -0.1) is 0 Å². The number of aliphatic hydroxyl groups is 1. The quantitative estimate of drug-likeness (QED) is 0.384. The molecule has 9 nitrogen and oxygen atoms in total. The monoisotopic (exact) mass is 434 g/mol. The first-order chi connectivity index (χ1) is 14.4. The Morgan fingerprint density at radius 3 is 2.58 bits per heavy atom. The van der Waals surface area contributed by atoms with Crippen LogP contribution in [-0.2, 0) is 33.4 Å². The number of aliphatic carboxylic acids is 1. The van der Waals surface area contributed by atoms with Gasteiger partial charge >= 0.3 is 11.9 Å². The summed E-state index contributed by atoms with van der Waals surface area (Å²) in [5.41, 5.74) is -1.68. The Hall–Kier alpha value is -2.78. The zero-order valence-corrected chi connectivity index (χ0v) is 17.8. The van der Waals surface area contributed by atoms with Gasteiger partial charge in [0.2, 0.25) is 23.0 Å². The number of esters is 1. The normalized spacial score (nSPS) is 35.6. The fourth-order valence-electron chi connectivity index (χ4n) is 4.24. The Morgan fingerprint density at radius 2 is 1.97 bits per heavy atom. The molecule has 1 saturated heterocycles. The van der Waals surface area contributed by atoms with Crippen molar-refractivity contribution in [1.82, 2.24) is 0 Å². The topological polar surface area (TPSA) is 136 Å². The number of Topliss-reactive ketones (excluding diaryl/α,β-unsaturated/α-hetero) is 1. The van der Waals surface area contributed by atoms with Crippen molar-refractivity contribution >= 4 is 23.5 Å². The number of aliphatic hydroxyl groups excluding tert-OH is 1. The van der Waals surface area contributed by atoms with Crippen molar-refractivity contribution < 1.29 is 43.6 Å². The van der Waals surface area contributed by atoms with Crippen molar-refractivity contribution in [2.24, 2.45) is 5.92 Å². The summed E-state index contributed by atoms with van der Waals surface area (Å²) >= 11 is 0. The fraction of sp³-hybridized carbons (Fsp3) is 0.545. The van der Waals surface area contributed by atoms with Crippen LogP contribution < -0.4 is 0 Å². The molecule has 0 aromatic carbocycles. The molecular weight excluding hydrogens is 408 g/mol. The number of hydrogen-bond acceptors (Lipinski definition) is 8. The minimum Gasteiger partial charge on any atom is -0.478 e. The van der Waals surface area contributed by atoms with Crippen LogP contribution in [0.3, 0.4) is 0 Å². The first-order valence-electron chi connectivity index (χ1n) is 10.1. The van der Waals surface area contributed by atoms with Gasteiger partial charge in [-0.2, -0.15) is 0 Å². The van der Waals surface area contributed by atoms with Gasteiger partial charge in [0, 0.05) is 12.5 Å². The minimum atomic E-state index is -2.02. The Labute approximate surface area is 179 Å². The molecule has 2 N–H and O–H groups in total. The van der Waals surface area contributed by atoms with Crippen LogP contribution in [0.1, 0.15) is 47.0 Å². The third-order valence-electron chi connectivity index (χ3n) is 6.01. The molecule has 0 radical (unpaired) electrons. The van der Waals surface area contributed by atoms with E-state index in [-0.39, 0.29) is 29.2 Å². The Bertz CT molecular complexity index is 927. The molecule has 31 heavy (non-hydrogen) atoms. The van der Waals surface area contributed by atoms with Crippen LogP contribution in [0.25, 0.3) is 0 Å². The van der Waals surface area contributed by atoms with Crippen molar-refractivity contribution in [1.29, 1.82) is 0 Å². The smallest absolute Gasteiger partial charge is 0.330 e. The van der Waals surface area contributed by atoms with Crippen LogP contribution in [0.2, 0.25) is 0 Å². The molecule has 1 fully saturated rings. The predicted molar refractivity (Wildman–Crippen MR) is 105 cm³/mol.